The molecule has 1 rings (SSSR count). The molecule has 0 saturated carbocycles. The number of rotatable bonds is 8. The maximum Gasteiger partial charge on any atom is 0.408 e. The zero-order valence-corrected chi connectivity index (χ0v) is 11.4. The second-order valence-electron chi connectivity index (χ2n) is 4.03. The summed E-state index contributed by atoms with van der Waals surface area (Å²) in [4.78, 5) is 9.87. The molecule has 1 N–H and O–H groups in total. The normalized spacial score (nSPS) is 14.3. The van der Waals surface area contributed by atoms with E-state index in [0.717, 1.165) is 0 Å². The summed E-state index contributed by atoms with van der Waals surface area (Å²) in [7, 11) is 1.56. The molecule has 19 heavy (non-hydrogen) atoms. The number of aliphatic hydroxyl groups is 1. The Morgan fingerprint density at radius 1 is 1.63 bits per heavy atom. The molecule has 0 radical (unpaired) electrons. The van der Waals surface area contributed by atoms with Crippen molar-refractivity contribution in [1.29, 1.82) is 0 Å². The lowest BCUT2D eigenvalue weighted by Crippen LogP contribution is -2.26. The third kappa shape index (κ3) is 5.11. The van der Waals surface area contributed by atoms with Crippen molar-refractivity contribution in [3.8, 4) is 0 Å². The zero-order valence-electron chi connectivity index (χ0n) is 10.7. The lowest BCUT2D eigenvalue weighted by molar-refractivity contribution is -0.389. The standard InChI is InChI=1S/C10H16ClN3O5/c1-7(5-18-2)19-6-8(15)3-13-4-9(11)10(12-13)14(16)17/h4,7-8,15H,3,5-6H2,1-2H3. The van der Waals surface area contributed by atoms with Crippen molar-refractivity contribution in [2.75, 3.05) is 20.3 Å². The molecule has 8 nitrogen and oxygen atoms in total. The monoisotopic (exact) mass is 293 g/mol. The summed E-state index contributed by atoms with van der Waals surface area (Å²) >= 11 is 5.64. The Morgan fingerprint density at radius 3 is 2.84 bits per heavy atom. The zero-order chi connectivity index (χ0) is 14.4. The fourth-order valence-corrected chi connectivity index (χ4v) is 1.65. The third-order valence-corrected chi connectivity index (χ3v) is 2.51. The number of nitrogens with zero attached hydrogens (tertiary/aromatic N) is 3. The average Bonchev–Trinajstić information content (AvgIpc) is 2.68. The number of nitro groups is 1. The van der Waals surface area contributed by atoms with Gasteiger partial charge in [-0.2, -0.15) is 4.68 Å². The van der Waals surface area contributed by atoms with Gasteiger partial charge in [-0.15, -0.1) is 0 Å². The minimum atomic E-state index is -0.838. The van der Waals surface area contributed by atoms with Gasteiger partial charge in [0.2, 0.25) is 0 Å². The smallest absolute Gasteiger partial charge is 0.389 e. The van der Waals surface area contributed by atoms with E-state index in [0.29, 0.717) is 6.61 Å². The van der Waals surface area contributed by atoms with Crippen LogP contribution in [0.1, 0.15) is 6.92 Å². The number of halogens is 1. The van der Waals surface area contributed by atoms with Crippen LogP contribution in [0, 0.1) is 10.1 Å². The summed E-state index contributed by atoms with van der Waals surface area (Å²) in [5.74, 6) is -0.428. The first-order chi connectivity index (χ1) is 8.93. The molecule has 0 fully saturated rings. The highest BCUT2D eigenvalue weighted by molar-refractivity contribution is 6.32. The maximum atomic E-state index is 10.6. The molecule has 0 aliphatic rings. The van der Waals surface area contributed by atoms with Crippen molar-refractivity contribution in [3.63, 3.8) is 0 Å². The molecule has 0 aliphatic carbocycles. The maximum absolute atomic E-state index is 10.6. The van der Waals surface area contributed by atoms with E-state index in [1.165, 1.54) is 10.9 Å². The highest BCUT2D eigenvalue weighted by atomic mass is 35.5. The Balaban J connectivity index is 2.46. The van der Waals surface area contributed by atoms with Crippen molar-refractivity contribution in [1.82, 2.24) is 9.78 Å². The van der Waals surface area contributed by atoms with E-state index in [1.54, 1.807) is 7.11 Å². The summed E-state index contributed by atoms with van der Waals surface area (Å²) in [6.45, 7) is 2.38. The number of aromatic nitrogens is 2. The first-order valence-corrected chi connectivity index (χ1v) is 5.97. The Hall–Kier alpha value is -1.22. The topological polar surface area (TPSA) is 99.6 Å². The lowest BCUT2D eigenvalue weighted by Gasteiger charge is -2.14. The largest absolute Gasteiger partial charge is 0.408 e. The molecular weight excluding hydrogens is 278 g/mol. The van der Waals surface area contributed by atoms with E-state index >= 15 is 0 Å². The van der Waals surface area contributed by atoms with Gasteiger partial charge in [0.05, 0.1) is 43.3 Å². The highest BCUT2D eigenvalue weighted by Crippen LogP contribution is 2.21. The minimum absolute atomic E-state index is 0.0628. The Labute approximate surface area is 115 Å². The van der Waals surface area contributed by atoms with Crippen LogP contribution >= 0.6 is 11.6 Å². The minimum Gasteiger partial charge on any atom is -0.389 e. The van der Waals surface area contributed by atoms with E-state index in [-0.39, 0.29) is 24.3 Å². The molecular formula is C10H16ClN3O5. The van der Waals surface area contributed by atoms with E-state index < -0.39 is 16.8 Å². The molecule has 0 spiro atoms. The molecule has 2 unspecified atom stereocenters. The number of aliphatic hydroxyl groups excluding tert-OH is 1. The van der Waals surface area contributed by atoms with Gasteiger partial charge in [-0.1, -0.05) is 11.6 Å². The molecule has 0 bridgehead atoms. The van der Waals surface area contributed by atoms with Crippen LogP contribution < -0.4 is 0 Å². The molecule has 1 heterocycles. The van der Waals surface area contributed by atoms with Gasteiger partial charge < -0.3 is 24.7 Å². The van der Waals surface area contributed by atoms with Crippen LogP contribution in [-0.4, -0.2) is 52.3 Å². The molecule has 2 atom stereocenters. The molecule has 1 aromatic heterocycles. The lowest BCUT2D eigenvalue weighted by atomic mass is 10.3. The van der Waals surface area contributed by atoms with Crippen LogP contribution in [0.5, 0.6) is 0 Å². The van der Waals surface area contributed by atoms with E-state index in [1.807, 2.05) is 6.92 Å². The average molecular weight is 294 g/mol. The van der Waals surface area contributed by atoms with Crippen molar-refractivity contribution >= 4 is 17.4 Å². The Bertz CT molecular complexity index is 425. The van der Waals surface area contributed by atoms with Crippen molar-refractivity contribution in [3.05, 3.63) is 21.3 Å². The van der Waals surface area contributed by atoms with Crippen molar-refractivity contribution in [2.24, 2.45) is 0 Å². The van der Waals surface area contributed by atoms with Gasteiger partial charge in [0.15, 0.2) is 5.02 Å². The van der Waals surface area contributed by atoms with Gasteiger partial charge in [-0.25, -0.2) is 0 Å². The van der Waals surface area contributed by atoms with E-state index in [4.69, 9.17) is 21.1 Å². The fraction of sp³-hybridized carbons (Fsp3) is 0.700. The summed E-state index contributed by atoms with van der Waals surface area (Å²) in [5.41, 5.74) is 0. The van der Waals surface area contributed by atoms with E-state index in [2.05, 4.69) is 5.10 Å². The van der Waals surface area contributed by atoms with Gasteiger partial charge in [-0.3, -0.25) is 0 Å². The molecule has 0 amide bonds. The van der Waals surface area contributed by atoms with Gasteiger partial charge in [0.1, 0.15) is 0 Å². The van der Waals surface area contributed by atoms with Gasteiger partial charge in [0.25, 0.3) is 0 Å². The third-order valence-electron chi connectivity index (χ3n) is 2.24. The predicted molar refractivity (Wildman–Crippen MR) is 67.2 cm³/mol. The summed E-state index contributed by atoms with van der Waals surface area (Å²) in [6, 6.07) is 0. The second kappa shape index (κ2) is 7.39. The van der Waals surface area contributed by atoms with Crippen LogP contribution in [0.2, 0.25) is 5.02 Å². The first-order valence-electron chi connectivity index (χ1n) is 5.60. The van der Waals surface area contributed by atoms with Gasteiger partial charge in [0, 0.05) is 7.11 Å². The number of hydrogen-bond donors (Lipinski definition) is 1. The molecule has 1 aromatic rings. The molecule has 0 aliphatic heterocycles. The molecule has 9 heteroatoms. The Morgan fingerprint density at radius 2 is 2.32 bits per heavy atom. The highest BCUT2D eigenvalue weighted by Gasteiger charge is 2.20. The molecule has 108 valence electrons. The second-order valence-corrected chi connectivity index (χ2v) is 4.44. The summed E-state index contributed by atoms with van der Waals surface area (Å²) in [5, 5.41) is 23.9. The van der Waals surface area contributed by atoms with Crippen LogP contribution in [0.4, 0.5) is 5.82 Å². The van der Waals surface area contributed by atoms with Crippen LogP contribution in [0.3, 0.4) is 0 Å². The first kappa shape index (κ1) is 15.8. The quantitative estimate of drug-likeness (QED) is 0.563. The fourth-order valence-electron chi connectivity index (χ4n) is 1.43. The van der Waals surface area contributed by atoms with Gasteiger partial charge >= 0.3 is 5.82 Å². The van der Waals surface area contributed by atoms with Crippen molar-refractivity contribution < 1.29 is 19.5 Å². The predicted octanol–water partition coefficient (Wildman–Crippen LogP) is 0.857. The van der Waals surface area contributed by atoms with Gasteiger partial charge in [-0.05, 0) is 11.8 Å². The SMILES string of the molecule is COCC(C)OCC(O)Cn1cc(Cl)c([N+](=O)[O-])n1. The molecule has 0 saturated heterocycles. The van der Waals surface area contributed by atoms with Crippen LogP contribution in [0.25, 0.3) is 0 Å². The number of hydrogen-bond acceptors (Lipinski definition) is 6. The Kier molecular flexibility index (Phi) is 6.16. The molecule has 0 aromatic carbocycles. The summed E-state index contributed by atoms with van der Waals surface area (Å²) in [6.07, 6.45) is 0.312. The summed E-state index contributed by atoms with van der Waals surface area (Å²) < 4.78 is 11.4. The van der Waals surface area contributed by atoms with E-state index in [9.17, 15) is 15.2 Å². The number of ether oxygens (including phenoxy) is 2. The van der Waals surface area contributed by atoms with Crippen LogP contribution in [0.15, 0.2) is 6.20 Å². The van der Waals surface area contributed by atoms with Crippen molar-refractivity contribution in [2.45, 2.75) is 25.7 Å². The van der Waals surface area contributed by atoms with Crippen LogP contribution in [-0.2, 0) is 16.0 Å². The number of methoxy groups -OCH3 is 1.